The molecule has 3 aliphatic rings. The number of likely N-dealkylation sites (tertiary alicyclic amines) is 1. The van der Waals surface area contributed by atoms with Gasteiger partial charge in [-0.25, -0.2) is 0 Å². The molecule has 19 heavy (non-hydrogen) atoms. The predicted molar refractivity (Wildman–Crippen MR) is 82.5 cm³/mol. The van der Waals surface area contributed by atoms with Crippen LogP contribution in [0, 0.1) is 11.3 Å². The number of nitrogens with zero attached hydrogens (tertiary/aromatic N) is 2. The predicted octanol–water partition coefficient (Wildman–Crippen LogP) is 2.04. The van der Waals surface area contributed by atoms with Crippen molar-refractivity contribution in [1.82, 2.24) is 15.1 Å². The van der Waals surface area contributed by atoms with E-state index >= 15 is 0 Å². The molecule has 2 saturated heterocycles. The first-order valence-electron chi connectivity index (χ1n) is 8.34. The minimum Gasteiger partial charge on any atom is -0.314 e. The molecule has 0 spiro atoms. The summed E-state index contributed by atoms with van der Waals surface area (Å²) < 4.78 is 0. The van der Waals surface area contributed by atoms with Crippen LogP contribution in [0.25, 0.3) is 0 Å². The van der Waals surface area contributed by atoms with Gasteiger partial charge in [-0.1, -0.05) is 20.8 Å². The van der Waals surface area contributed by atoms with Gasteiger partial charge in [0.25, 0.3) is 0 Å². The zero-order chi connectivity index (χ0) is 14.0. The zero-order valence-electron chi connectivity index (χ0n) is 13.6. The number of piperidine rings is 1. The molecule has 0 aromatic heterocycles. The maximum Gasteiger partial charge on any atom is 0.0202 e. The van der Waals surface area contributed by atoms with Gasteiger partial charge in [-0.2, -0.15) is 0 Å². The van der Waals surface area contributed by atoms with Crippen LogP contribution in [0.3, 0.4) is 0 Å². The van der Waals surface area contributed by atoms with Crippen molar-refractivity contribution >= 4 is 0 Å². The molecular formula is C16H33N3. The van der Waals surface area contributed by atoms with E-state index in [1.54, 1.807) is 0 Å². The van der Waals surface area contributed by atoms with Crippen LogP contribution in [0.15, 0.2) is 0 Å². The summed E-state index contributed by atoms with van der Waals surface area (Å²) in [6.07, 6.45) is 1.43. The summed E-state index contributed by atoms with van der Waals surface area (Å²) >= 11 is 0. The third kappa shape index (κ3) is 2.70. The van der Waals surface area contributed by atoms with Crippen molar-refractivity contribution in [3.63, 3.8) is 0 Å². The molecule has 3 rings (SSSR count). The Balaban J connectivity index is 0.000000637. The van der Waals surface area contributed by atoms with E-state index in [9.17, 15) is 0 Å². The van der Waals surface area contributed by atoms with Crippen LogP contribution in [0.4, 0.5) is 0 Å². The van der Waals surface area contributed by atoms with Crippen LogP contribution in [-0.2, 0) is 0 Å². The molecule has 0 aromatic carbocycles. The number of piperazine rings is 1. The van der Waals surface area contributed by atoms with Crippen molar-refractivity contribution in [2.75, 3.05) is 39.3 Å². The quantitative estimate of drug-likeness (QED) is 0.844. The minimum atomic E-state index is 0.654. The highest BCUT2D eigenvalue weighted by Gasteiger charge is 2.67. The first kappa shape index (κ1) is 15.3. The van der Waals surface area contributed by atoms with Gasteiger partial charge in [0.15, 0.2) is 0 Å². The molecule has 1 saturated carbocycles. The standard InChI is InChI=1S/C14H27N3.C2H6/c1-11(2)17-7-4-14(12(3)13(14)17)10-16-8-5-15-6-9-16;1-2/h11-13,15H,4-10H2,1-3H3;1-2H3/t12?,13-,14-;/m1./s1. The summed E-state index contributed by atoms with van der Waals surface area (Å²) in [5.74, 6) is 0.925. The first-order chi connectivity index (χ1) is 9.15. The van der Waals surface area contributed by atoms with Crippen LogP contribution < -0.4 is 5.32 Å². The third-order valence-corrected chi connectivity index (χ3v) is 5.44. The Morgan fingerprint density at radius 2 is 1.79 bits per heavy atom. The van der Waals surface area contributed by atoms with E-state index < -0.39 is 0 Å². The fourth-order valence-corrected chi connectivity index (χ4v) is 4.32. The normalized spacial score (nSPS) is 38.8. The number of hydrogen-bond acceptors (Lipinski definition) is 3. The van der Waals surface area contributed by atoms with E-state index in [1.165, 1.54) is 45.7 Å². The van der Waals surface area contributed by atoms with Crippen LogP contribution in [0.1, 0.15) is 41.0 Å². The number of rotatable bonds is 3. The van der Waals surface area contributed by atoms with Gasteiger partial charge < -0.3 is 10.2 Å². The van der Waals surface area contributed by atoms with Crippen molar-refractivity contribution in [3.05, 3.63) is 0 Å². The summed E-state index contributed by atoms with van der Waals surface area (Å²) in [4.78, 5) is 5.43. The number of hydrogen-bond donors (Lipinski definition) is 1. The van der Waals surface area contributed by atoms with Crippen molar-refractivity contribution in [2.24, 2.45) is 11.3 Å². The van der Waals surface area contributed by atoms with E-state index in [2.05, 4.69) is 35.9 Å². The van der Waals surface area contributed by atoms with E-state index in [4.69, 9.17) is 0 Å². The first-order valence-corrected chi connectivity index (χ1v) is 8.34. The molecule has 2 heterocycles. The lowest BCUT2D eigenvalue weighted by Gasteiger charge is -2.30. The molecule has 1 aliphatic carbocycles. The second kappa shape index (κ2) is 6.11. The van der Waals surface area contributed by atoms with Gasteiger partial charge in [-0.3, -0.25) is 4.90 Å². The van der Waals surface area contributed by atoms with Gasteiger partial charge in [-0.05, 0) is 32.7 Å². The molecule has 1 unspecified atom stereocenters. The monoisotopic (exact) mass is 267 g/mol. The molecular weight excluding hydrogens is 234 g/mol. The van der Waals surface area contributed by atoms with Crippen LogP contribution in [0.5, 0.6) is 0 Å². The highest BCUT2D eigenvalue weighted by Crippen LogP contribution is 2.62. The largest absolute Gasteiger partial charge is 0.314 e. The highest BCUT2D eigenvalue weighted by atomic mass is 15.3. The lowest BCUT2D eigenvalue weighted by atomic mass is 9.99. The van der Waals surface area contributed by atoms with Gasteiger partial charge in [0.2, 0.25) is 0 Å². The number of fused-ring (bicyclic) bond motifs is 1. The van der Waals surface area contributed by atoms with E-state index in [0.29, 0.717) is 5.41 Å². The molecule has 112 valence electrons. The van der Waals surface area contributed by atoms with E-state index in [0.717, 1.165) is 18.0 Å². The average Bonchev–Trinajstić information content (AvgIpc) is 2.83. The molecule has 3 nitrogen and oxygen atoms in total. The highest BCUT2D eigenvalue weighted by molar-refractivity contribution is 5.20. The van der Waals surface area contributed by atoms with Crippen LogP contribution >= 0.6 is 0 Å². The lowest BCUT2D eigenvalue weighted by molar-refractivity contribution is 0.188. The molecule has 3 heteroatoms. The van der Waals surface area contributed by atoms with Crippen molar-refractivity contribution in [2.45, 2.75) is 53.1 Å². The van der Waals surface area contributed by atoms with E-state index in [1.807, 2.05) is 13.8 Å². The van der Waals surface area contributed by atoms with E-state index in [-0.39, 0.29) is 0 Å². The second-order valence-electron chi connectivity index (χ2n) is 6.57. The Morgan fingerprint density at radius 1 is 1.16 bits per heavy atom. The molecule has 0 amide bonds. The summed E-state index contributed by atoms with van der Waals surface area (Å²) in [5, 5.41) is 3.45. The van der Waals surface area contributed by atoms with Gasteiger partial charge in [0.1, 0.15) is 0 Å². The average molecular weight is 267 g/mol. The van der Waals surface area contributed by atoms with Gasteiger partial charge in [0, 0.05) is 50.2 Å². The summed E-state index contributed by atoms with van der Waals surface area (Å²) in [5.41, 5.74) is 0.654. The minimum absolute atomic E-state index is 0.654. The maximum absolute atomic E-state index is 3.45. The third-order valence-electron chi connectivity index (χ3n) is 5.44. The molecule has 0 aromatic rings. The zero-order valence-corrected chi connectivity index (χ0v) is 13.6. The molecule has 0 radical (unpaired) electrons. The summed E-state index contributed by atoms with van der Waals surface area (Å²) in [6.45, 7) is 18.7. The fourth-order valence-electron chi connectivity index (χ4n) is 4.32. The lowest BCUT2D eigenvalue weighted by Crippen LogP contribution is -2.46. The van der Waals surface area contributed by atoms with Gasteiger partial charge in [0.05, 0.1) is 0 Å². The fraction of sp³-hybridized carbons (Fsp3) is 1.00. The van der Waals surface area contributed by atoms with Crippen LogP contribution in [-0.4, -0.2) is 61.2 Å². The number of nitrogens with one attached hydrogen (secondary N) is 1. The Bertz CT molecular complexity index is 286. The maximum atomic E-state index is 3.45. The molecule has 3 fully saturated rings. The Labute approximate surface area is 119 Å². The second-order valence-corrected chi connectivity index (χ2v) is 6.57. The Morgan fingerprint density at radius 3 is 2.32 bits per heavy atom. The Kier molecular flexibility index (Phi) is 4.91. The van der Waals surface area contributed by atoms with Crippen LogP contribution in [0.2, 0.25) is 0 Å². The molecule has 1 N–H and O–H groups in total. The molecule has 2 aliphatic heterocycles. The Hall–Kier alpha value is -0.120. The topological polar surface area (TPSA) is 18.5 Å². The van der Waals surface area contributed by atoms with Crippen molar-refractivity contribution in [3.8, 4) is 0 Å². The summed E-state index contributed by atoms with van der Waals surface area (Å²) in [6, 6.07) is 1.62. The molecule has 0 bridgehead atoms. The SMILES string of the molecule is CC.CC(C)N1CC[C@@]2(CN3CCNCC3)C(C)[C@@H]12. The van der Waals surface area contributed by atoms with Gasteiger partial charge in [-0.15, -0.1) is 0 Å². The van der Waals surface area contributed by atoms with Gasteiger partial charge >= 0.3 is 0 Å². The summed E-state index contributed by atoms with van der Waals surface area (Å²) in [7, 11) is 0. The smallest absolute Gasteiger partial charge is 0.0202 e. The van der Waals surface area contributed by atoms with Crippen molar-refractivity contribution in [1.29, 1.82) is 0 Å². The van der Waals surface area contributed by atoms with Crippen molar-refractivity contribution < 1.29 is 0 Å². The molecule has 3 atom stereocenters.